The lowest BCUT2D eigenvalue weighted by Gasteiger charge is -2.18. The van der Waals surface area contributed by atoms with E-state index in [0.717, 1.165) is 17.5 Å². The molecule has 1 fully saturated rings. The molecule has 0 unspecified atom stereocenters. The molecule has 0 aromatic heterocycles. The summed E-state index contributed by atoms with van der Waals surface area (Å²) in [4.78, 5) is 14.5. The van der Waals surface area contributed by atoms with E-state index in [-0.39, 0.29) is 29.3 Å². The summed E-state index contributed by atoms with van der Waals surface area (Å²) < 4.78 is 28.1. The maximum absolute atomic E-state index is 12.8. The number of hydrogen-bond acceptors (Lipinski definition) is 4. The maximum atomic E-state index is 12.8. The van der Waals surface area contributed by atoms with Crippen LogP contribution >= 0.6 is 12.4 Å². The predicted molar refractivity (Wildman–Crippen MR) is 109 cm³/mol. The van der Waals surface area contributed by atoms with Gasteiger partial charge in [-0.15, -0.1) is 12.4 Å². The zero-order valence-corrected chi connectivity index (χ0v) is 16.9. The van der Waals surface area contributed by atoms with Crippen LogP contribution in [0.25, 0.3) is 0 Å². The van der Waals surface area contributed by atoms with Gasteiger partial charge >= 0.3 is 0 Å². The van der Waals surface area contributed by atoms with Gasteiger partial charge in [-0.2, -0.15) is 0 Å². The van der Waals surface area contributed by atoms with E-state index < -0.39 is 10.0 Å². The fourth-order valence-electron chi connectivity index (χ4n) is 3.03. The van der Waals surface area contributed by atoms with Gasteiger partial charge in [0.15, 0.2) is 0 Å². The standard InChI is InChI=1S/C19H23N3O3S.ClH/c1-13-7-8-16(11-17(13)19(23)22-10-9-15(20)12-22)26(24,25)21-18-6-4-3-5-14(18)2;/h3-8,11,15,21H,9-10,12,20H2,1-2H3;1H/t15-;/m1./s1. The number of carbonyl (C=O) groups excluding carboxylic acids is 1. The van der Waals surface area contributed by atoms with E-state index in [1.807, 2.05) is 19.1 Å². The topological polar surface area (TPSA) is 92.5 Å². The van der Waals surface area contributed by atoms with Crippen molar-refractivity contribution in [3.63, 3.8) is 0 Å². The van der Waals surface area contributed by atoms with Gasteiger partial charge < -0.3 is 10.6 Å². The van der Waals surface area contributed by atoms with Gasteiger partial charge in [0.1, 0.15) is 0 Å². The number of likely N-dealkylation sites (tertiary alicyclic amines) is 1. The summed E-state index contributed by atoms with van der Waals surface area (Å²) in [5.74, 6) is -0.177. The second-order valence-electron chi connectivity index (χ2n) is 6.70. The number of hydrogen-bond donors (Lipinski definition) is 2. The Balaban J connectivity index is 0.00000261. The van der Waals surface area contributed by atoms with Crippen molar-refractivity contribution in [2.75, 3.05) is 17.8 Å². The Hall–Kier alpha value is -2.09. The predicted octanol–water partition coefficient (Wildman–Crippen LogP) is 2.70. The molecule has 6 nitrogen and oxygen atoms in total. The van der Waals surface area contributed by atoms with Gasteiger partial charge in [-0.25, -0.2) is 8.42 Å². The highest BCUT2D eigenvalue weighted by atomic mass is 35.5. The number of para-hydroxylation sites is 1. The van der Waals surface area contributed by atoms with E-state index in [2.05, 4.69) is 4.72 Å². The monoisotopic (exact) mass is 409 g/mol. The van der Waals surface area contributed by atoms with Gasteiger partial charge in [0, 0.05) is 24.7 Å². The minimum Gasteiger partial charge on any atom is -0.337 e. The van der Waals surface area contributed by atoms with E-state index in [0.29, 0.717) is 24.3 Å². The van der Waals surface area contributed by atoms with Gasteiger partial charge in [-0.05, 0) is 49.6 Å². The van der Waals surface area contributed by atoms with E-state index in [1.54, 1.807) is 30.0 Å². The Morgan fingerprint density at radius 2 is 1.85 bits per heavy atom. The Kier molecular flexibility index (Phi) is 6.51. The first-order valence-corrected chi connectivity index (χ1v) is 10.0. The molecule has 0 aliphatic carbocycles. The molecule has 1 amide bonds. The molecule has 1 aliphatic rings. The van der Waals surface area contributed by atoms with Gasteiger partial charge in [0.05, 0.1) is 10.6 Å². The maximum Gasteiger partial charge on any atom is 0.261 e. The van der Waals surface area contributed by atoms with E-state index in [1.165, 1.54) is 12.1 Å². The Labute approximate surface area is 166 Å². The zero-order chi connectivity index (χ0) is 18.9. The minimum atomic E-state index is -3.79. The van der Waals surface area contributed by atoms with Crippen LogP contribution in [0.3, 0.4) is 0 Å². The van der Waals surface area contributed by atoms with Crippen LogP contribution in [-0.2, 0) is 10.0 Å². The average Bonchev–Trinajstić information content (AvgIpc) is 3.03. The summed E-state index contributed by atoms with van der Waals surface area (Å²) in [5.41, 5.74) is 8.36. The van der Waals surface area contributed by atoms with Crippen LogP contribution < -0.4 is 10.5 Å². The number of anilines is 1. The highest BCUT2D eigenvalue weighted by Gasteiger charge is 2.27. The molecule has 8 heteroatoms. The van der Waals surface area contributed by atoms with Crippen LogP contribution in [0.4, 0.5) is 5.69 Å². The fourth-order valence-corrected chi connectivity index (χ4v) is 4.19. The Morgan fingerprint density at radius 3 is 2.48 bits per heavy atom. The molecule has 2 aromatic carbocycles. The molecule has 0 bridgehead atoms. The van der Waals surface area contributed by atoms with Crippen LogP contribution in [0.2, 0.25) is 0 Å². The highest BCUT2D eigenvalue weighted by molar-refractivity contribution is 7.92. The molecule has 1 atom stereocenters. The molecule has 0 spiro atoms. The lowest BCUT2D eigenvalue weighted by molar-refractivity contribution is 0.0790. The number of benzene rings is 2. The zero-order valence-electron chi connectivity index (χ0n) is 15.3. The largest absolute Gasteiger partial charge is 0.337 e. The van der Waals surface area contributed by atoms with Crippen molar-refractivity contribution in [3.05, 3.63) is 59.2 Å². The highest BCUT2D eigenvalue weighted by Crippen LogP contribution is 2.23. The average molecular weight is 410 g/mol. The van der Waals surface area contributed by atoms with Crippen LogP contribution in [0, 0.1) is 13.8 Å². The van der Waals surface area contributed by atoms with Crippen LogP contribution in [0.1, 0.15) is 27.9 Å². The molecular formula is C19H24ClN3O3S. The number of carbonyl (C=O) groups is 1. The summed E-state index contributed by atoms with van der Waals surface area (Å²) in [7, 11) is -3.79. The van der Waals surface area contributed by atoms with E-state index in [9.17, 15) is 13.2 Å². The van der Waals surface area contributed by atoms with Crippen molar-refractivity contribution in [3.8, 4) is 0 Å². The third-order valence-electron chi connectivity index (χ3n) is 4.65. The minimum absolute atomic E-state index is 0. The van der Waals surface area contributed by atoms with Gasteiger partial charge in [0.25, 0.3) is 15.9 Å². The first-order valence-electron chi connectivity index (χ1n) is 8.52. The summed E-state index contributed by atoms with van der Waals surface area (Å²) >= 11 is 0. The number of halogens is 1. The molecule has 1 saturated heterocycles. The number of nitrogens with zero attached hydrogens (tertiary/aromatic N) is 1. The first-order chi connectivity index (χ1) is 12.3. The number of amides is 1. The Morgan fingerprint density at radius 1 is 1.15 bits per heavy atom. The first kappa shape index (κ1) is 21.2. The Bertz CT molecular complexity index is 947. The van der Waals surface area contributed by atoms with Crippen molar-refractivity contribution >= 4 is 34.0 Å². The fraction of sp³-hybridized carbons (Fsp3) is 0.316. The molecule has 27 heavy (non-hydrogen) atoms. The summed E-state index contributed by atoms with van der Waals surface area (Å²) in [6.45, 7) is 4.72. The number of aryl methyl sites for hydroxylation is 2. The molecule has 146 valence electrons. The molecule has 0 radical (unpaired) electrons. The molecule has 3 N–H and O–H groups in total. The molecule has 3 rings (SSSR count). The normalized spacial score (nSPS) is 16.7. The van der Waals surface area contributed by atoms with Crippen LogP contribution in [0.5, 0.6) is 0 Å². The SMILES string of the molecule is Cc1ccccc1NS(=O)(=O)c1ccc(C)c(C(=O)N2CC[C@@H](N)C2)c1.Cl. The van der Waals surface area contributed by atoms with E-state index in [4.69, 9.17) is 5.73 Å². The molecule has 1 aliphatic heterocycles. The van der Waals surface area contributed by atoms with Crippen LogP contribution in [0.15, 0.2) is 47.4 Å². The third-order valence-corrected chi connectivity index (χ3v) is 6.01. The number of rotatable bonds is 4. The van der Waals surface area contributed by atoms with Crippen molar-refractivity contribution in [2.45, 2.75) is 31.2 Å². The quantitative estimate of drug-likeness (QED) is 0.811. The van der Waals surface area contributed by atoms with Crippen molar-refractivity contribution < 1.29 is 13.2 Å². The number of sulfonamides is 1. The smallest absolute Gasteiger partial charge is 0.261 e. The summed E-state index contributed by atoms with van der Waals surface area (Å²) in [6, 6.07) is 11.8. The summed E-state index contributed by atoms with van der Waals surface area (Å²) in [6.07, 6.45) is 0.762. The molecular weight excluding hydrogens is 386 g/mol. The molecule has 2 aromatic rings. The van der Waals surface area contributed by atoms with Crippen LogP contribution in [-0.4, -0.2) is 38.4 Å². The number of nitrogens with two attached hydrogens (primary N) is 1. The summed E-state index contributed by atoms with van der Waals surface area (Å²) in [5, 5.41) is 0. The lowest BCUT2D eigenvalue weighted by Crippen LogP contribution is -2.32. The second kappa shape index (κ2) is 8.29. The van der Waals surface area contributed by atoms with Gasteiger partial charge in [-0.1, -0.05) is 24.3 Å². The third kappa shape index (κ3) is 4.61. The van der Waals surface area contributed by atoms with Crippen molar-refractivity contribution in [1.82, 2.24) is 4.90 Å². The van der Waals surface area contributed by atoms with E-state index >= 15 is 0 Å². The second-order valence-corrected chi connectivity index (χ2v) is 8.38. The number of nitrogens with one attached hydrogen (secondary N) is 1. The molecule has 1 heterocycles. The van der Waals surface area contributed by atoms with Gasteiger partial charge in [0.2, 0.25) is 0 Å². The van der Waals surface area contributed by atoms with Crippen molar-refractivity contribution in [2.24, 2.45) is 5.73 Å². The van der Waals surface area contributed by atoms with Crippen molar-refractivity contribution in [1.29, 1.82) is 0 Å². The van der Waals surface area contributed by atoms with Gasteiger partial charge in [-0.3, -0.25) is 9.52 Å². The molecule has 0 saturated carbocycles. The lowest BCUT2D eigenvalue weighted by atomic mass is 10.1.